The lowest BCUT2D eigenvalue weighted by Gasteiger charge is -2.23. The summed E-state index contributed by atoms with van der Waals surface area (Å²) in [6.07, 6.45) is 0.367. The number of aromatic nitrogens is 2. The van der Waals surface area contributed by atoms with E-state index < -0.39 is 0 Å². The first kappa shape index (κ1) is 14.1. The molecular weight excluding hydrogens is 318 g/mol. The van der Waals surface area contributed by atoms with Crippen LogP contribution in [-0.4, -0.2) is 22.9 Å². The minimum absolute atomic E-state index is 0.0405. The summed E-state index contributed by atoms with van der Waals surface area (Å²) in [5.41, 5.74) is 3.99. The molecule has 25 heavy (non-hydrogen) atoms. The van der Waals surface area contributed by atoms with Gasteiger partial charge in [-0.3, -0.25) is 9.89 Å². The predicted octanol–water partition coefficient (Wildman–Crippen LogP) is 3.28. The number of carbonyl (C=O) groups excluding carboxylic acids is 1. The smallest absolute Gasteiger partial charge is 0.231 e. The molecule has 0 saturated carbocycles. The molecule has 0 fully saturated rings. The highest BCUT2D eigenvalue weighted by atomic mass is 16.7. The first-order valence-electron chi connectivity index (χ1n) is 8.12. The van der Waals surface area contributed by atoms with Crippen LogP contribution in [-0.2, 0) is 4.79 Å². The van der Waals surface area contributed by atoms with Crippen LogP contribution in [0.5, 0.6) is 11.5 Å². The van der Waals surface area contributed by atoms with Crippen molar-refractivity contribution in [3.8, 4) is 22.8 Å². The fourth-order valence-electron chi connectivity index (χ4n) is 3.50. The third kappa shape index (κ3) is 2.26. The van der Waals surface area contributed by atoms with Crippen molar-refractivity contribution in [3.05, 3.63) is 59.7 Å². The van der Waals surface area contributed by atoms with Gasteiger partial charge in [0.05, 0.1) is 5.69 Å². The number of ether oxygens (including phenoxy) is 2. The van der Waals surface area contributed by atoms with E-state index in [1.807, 2.05) is 48.5 Å². The van der Waals surface area contributed by atoms with Crippen molar-refractivity contribution in [2.75, 3.05) is 12.1 Å². The topological polar surface area (TPSA) is 76.2 Å². The first-order valence-corrected chi connectivity index (χ1v) is 8.12. The molecule has 6 nitrogen and oxygen atoms in total. The van der Waals surface area contributed by atoms with Crippen molar-refractivity contribution in [1.82, 2.24) is 10.2 Å². The summed E-state index contributed by atoms with van der Waals surface area (Å²) in [7, 11) is 0. The van der Waals surface area contributed by atoms with Gasteiger partial charge >= 0.3 is 0 Å². The molecule has 2 aromatic carbocycles. The van der Waals surface area contributed by atoms with E-state index in [-0.39, 0.29) is 18.6 Å². The molecule has 0 bridgehead atoms. The maximum atomic E-state index is 12.2. The van der Waals surface area contributed by atoms with E-state index in [2.05, 4.69) is 15.5 Å². The van der Waals surface area contributed by atoms with E-state index in [0.29, 0.717) is 12.2 Å². The fraction of sp³-hybridized carbons (Fsp3) is 0.158. The minimum Gasteiger partial charge on any atom is -0.454 e. The van der Waals surface area contributed by atoms with Gasteiger partial charge in [-0.25, -0.2) is 0 Å². The van der Waals surface area contributed by atoms with Gasteiger partial charge in [0.2, 0.25) is 12.7 Å². The largest absolute Gasteiger partial charge is 0.454 e. The number of nitrogens with zero attached hydrogens (tertiary/aromatic N) is 1. The van der Waals surface area contributed by atoms with E-state index in [9.17, 15) is 4.79 Å². The van der Waals surface area contributed by atoms with Crippen molar-refractivity contribution in [2.45, 2.75) is 12.3 Å². The Balaban J connectivity index is 1.65. The zero-order chi connectivity index (χ0) is 16.8. The van der Waals surface area contributed by atoms with Crippen LogP contribution < -0.4 is 14.8 Å². The maximum absolute atomic E-state index is 12.2. The number of rotatable bonds is 2. The van der Waals surface area contributed by atoms with Gasteiger partial charge in [0.15, 0.2) is 17.3 Å². The average molecular weight is 333 g/mol. The van der Waals surface area contributed by atoms with Crippen LogP contribution in [0.1, 0.15) is 23.5 Å². The van der Waals surface area contributed by atoms with E-state index >= 15 is 0 Å². The second-order valence-corrected chi connectivity index (χ2v) is 6.14. The van der Waals surface area contributed by atoms with Crippen LogP contribution in [0.3, 0.4) is 0 Å². The molecule has 6 heteroatoms. The van der Waals surface area contributed by atoms with Crippen molar-refractivity contribution in [1.29, 1.82) is 0 Å². The van der Waals surface area contributed by atoms with Gasteiger partial charge in [-0.1, -0.05) is 36.4 Å². The van der Waals surface area contributed by atoms with Gasteiger partial charge in [-0.15, -0.1) is 0 Å². The molecule has 5 rings (SSSR count). The SMILES string of the molecule is O=C1C[C@H](c2ccc3c(c2)OCO3)c2c(n[nH]c2-c2ccccc2)N1. The van der Waals surface area contributed by atoms with Crippen LogP contribution in [0, 0.1) is 0 Å². The Kier molecular flexibility index (Phi) is 3.03. The van der Waals surface area contributed by atoms with Gasteiger partial charge in [-0.2, -0.15) is 5.10 Å². The summed E-state index contributed by atoms with van der Waals surface area (Å²) in [6.45, 7) is 0.232. The standard InChI is InChI=1S/C19H15N3O3/c23-16-9-13(12-6-7-14-15(8-12)25-10-24-14)17-18(21-22-19(17)20-16)11-4-2-1-3-5-11/h1-8,13H,9-10H2,(H2,20,21,22,23)/t13-/m1/s1. The second-order valence-electron chi connectivity index (χ2n) is 6.14. The molecule has 1 amide bonds. The molecule has 2 aliphatic heterocycles. The lowest BCUT2D eigenvalue weighted by Crippen LogP contribution is -2.23. The van der Waals surface area contributed by atoms with E-state index in [0.717, 1.165) is 33.9 Å². The third-order valence-corrected chi connectivity index (χ3v) is 4.66. The Morgan fingerprint density at radius 3 is 2.76 bits per heavy atom. The Bertz CT molecular complexity index is 965. The second kappa shape index (κ2) is 5.37. The summed E-state index contributed by atoms with van der Waals surface area (Å²) in [5.74, 6) is 1.92. The van der Waals surface area contributed by atoms with E-state index in [1.165, 1.54) is 0 Å². The number of aromatic amines is 1. The molecule has 0 saturated heterocycles. The zero-order valence-corrected chi connectivity index (χ0v) is 13.3. The summed E-state index contributed by atoms with van der Waals surface area (Å²) < 4.78 is 10.9. The van der Waals surface area contributed by atoms with Gasteiger partial charge in [0.25, 0.3) is 0 Å². The van der Waals surface area contributed by atoms with Crippen molar-refractivity contribution in [3.63, 3.8) is 0 Å². The number of nitrogens with one attached hydrogen (secondary N) is 2. The number of fused-ring (bicyclic) bond motifs is 2. The summed E-state index contributed by atoms with van der Waals surface area (Å²) >= 11 is 0. The molecule has 1 atom stereocenters. The molecule has 3 aromatic rings. The van der Waals surface area contributed by atoms with Crippen LogP contribution in [0.2, 0.25) is 0 Å². The van der Waals surface area contributed by atoms with Gasteiger partial charge < -0.3 is 14.8 Å². The number of amides is 1. The average Bonchev–Trinajstić information content (AvgIpc) is 3.27. The van der Waals surface area contributed by atoms with Crippen LogP contribution in [0.15, 0.2) is 48.5 Å². The Morgan fingerprint density at radius 1 is 1.04 bits per heavy atom. The third-order valence-electron chi connectivity index (χ3n) is 4.66. The molecule has 2 aliphatic rings. The monoisotopic (exact) mass is 333 g/mol. The van der Waals surface area contributed by atoms with Gasteiger partial charge in [-0.05, 0) is 23.3 Å². The molecular formula is C19H15N3O3. The summed E-state index contributed by atoms with van der Waals surface area (Å²) in [4.78, 5) is 12.2. The van der Waals surface area contributed by atoms with Crippen molar-refractivity contribution < 1.29 is 14.3 Å². The first-order chi connectivity index (χ1) is 12.3. The van der Waals surface area contributed by atoms with E-state index in [4.69, 9.17) is 9.47 Å². The fourth-order valence-corrected chi connectivity index (χ4v) is 3.50. The minimum atomic E-state index is -0.0905. The summed E-state index contributed by atoms with van der Waals surface area (Å²) in [5, 5.41) is 10.3. The molecule has 0 radical (unpaired) electrons. The number of carbonyl (C=O) groups is 1. The lowest BCUT2D eigenvalue weighted by atomic mass is 9.84. The molecule has 124 valence electrons. The van der Waals surface area contributed by atoms with Crippen LogP contribution >= 0.6 is 0 Å². The Labute approximate surface area is 143 Å². The quantitative estimate of drug-likeness (QED) is 0.754. The number of hydrogen-bond donors (Lipinski definition) is 2. The highest BCUT2D eigenvalue weighted by molar-refractivity contribution is 5.96. The number of anilines is 1. The Morgan fingerprint density at radius 2 is 1.88 bits per heavy atom. The highest BCUT2D eigenvalue weighted by Crippen LogP contribution is 2.44. The van der Waals surface area contributed by atoms with Crippen molar-refractivity contribution >= 4 is 11.7 Å². The van der Waals surface area contributed by atoms with Gasteiger partial charge in [0.1, 0.15) is 0 Å². The molecule has 3 heterocycles. The number of benzene rings is 2. The number of H-pyrrole nitrogens is 1. The van der Waals surface area contributed by atoms with Crippen molar-refractivity contribution in [2.24, 2.45) is 0 Å². The van der Waals surface area contributed by atoms with Gasteiger partial charge in [0, 0.05) is 17.9 Å². The molecule has 2 N–H and O–H groups in total. The van der Waals surface area contributed by atoms with E-state index in [1.54, 1.807) is 0 Å². The molecule has 0 spiro atoms. The number of hydrogen-bond acceptors (Lipinski definition) is 4. The predicted molar refractivity (Wildman–Crippen MR) is 91.7 cm³/mol. The highest BCUT2D eigenvalue weighted by Gasteiger charge is 2.32. The zero-order valence-electron chi connectivity index (χ0n) is 13.3. The normalized spacial score (nSPS) is 17.9. The molecule has 1 aromatic heterocycles. The lowest BCUT2D eigenvalue weighted by molar-refractivity contribution is -0.116. The summed E-state index contributed by atoms with van der Waals surface area (Å²) in [6, 6.07) is 15.8. The Hall–Kier alpha value is -3.28. The maximum Gasteiger partial charge on any atom is 0.231 e. The van der Waals surface area contributed by atoms with Crippen LogP contribution in [0.4, 0.5) is 5.82 Å². The van der Waals surface area contributed by atoms with Crippen LogP contribution in [0.25, 0.3) is 11.3 Å². The molecule has 0 unspecified atom stereocenters. The molecule has 0 aliphatic carbocycles.